The summed E-state index contributed by atoms with van der Waals surface area (Å²) in [5.41, 5.74) is 0.221. The first-order valence-electron chi connectivity index (χ1n) is 5.18. The van der Waals surface area contributed by atoms with Crippen molar-refractivity contribution in [2.75, 3.05) is 6.54 Å². The number of carbonyl (C=O) groups is 2. The summed E-state index contributed by atoms with van der Waals surface area (Å²) in [6.45, 7) is 4.61. The lowest BCUT2D eigenvalue weighted by atomic mass is 10.2. The third-order valence-electron chi connectivity index (χ3n) is 2.67. The molecule has 5 heteroatoms. The van der Waals surface area contributed by atoms with Gasteiger partial charge in [0.1, 0.15) is 0 Å². The number of hydrogen-bond donors (Lipinski definition) is 3. The molecule has 0 radical (unpaired) electrons. The minimum Gasteiger partial charge on any atom is -0.481 e. The number of aliphatic carboxylic acids is 1. The Morgan fingerprint density at radius 1 is 1.47 bits per heavy atom. The average molecular weight is 214 g/mol. The van der Waals surface area contributed by atoms with E-state index in [1.165, 1.54) is 0 Å². The monoisotopic (exact) mass is 214 g/mol. The molecule has 3 N–H and O–H groups in total. The number of rotatable bonds is 5. The summed E-state index contributed by atoms with van der Waals surface area (Å²) in [5.74, 6) is -0.833. The Labute approximate surface area is 89.2 Å². The summed E-state index contributed by atoms with van der Waals surface area (Å²) in [4.78, 5) is 21.4. The van der Waals surface area contributed by atoms with E-state index >= 15 is 0 Å². The number of amides is 2. The van der Waals surface area contributed by atoms with E-state index in [0.29, 0.717) is 13.0 Å². The van der Waals surface area contributed by atoms with Gasteiger partial charge in [-0.1, -0.05) is 13.8 Å². The summed E-state index contributed by atoms with van der Waals surface area (Å²) < 4.78 is 0. The third-order valence-corrected chi connectivity index (χ3v) is 2.67. The van der Waals surface area contributed by atoms with Gasteiger partial charge in [-0.25, -0.2) is 4.79 Å². The van der Waals surface area contributed by atoms with Crippen molar-refractivity contribution < 1.29 is 14.7 Å². The average Bonchev–Trinajstić information content (AvgIpc) is 2.67. The van der Waals surface area contributed by atoms with Crippen molar-refractivity contribution in [2.45, 2.75) is 39.2 Å². The quantitative estimate of drug-likeness (QED) is 0.596. The van der Waals surface area contributed by atoms with Gasteiger partial charge < -0.3 is 15.7 Å². The molecule has 0 aromatic rings. The van der Waals surface area contributed by atoms with Crippen molar-refractivity contribution in [3.8, 4) is 0 Å². The van der Waals surface area contributed by atoms with Crippen LogP contribution in [-0.2, 0) is 4.79 Å². The van der Waals surface area contributed by atoms with Crippen LogP contribution < -0.4 is 10.6 Å². The van der Waals surface area contributed by atoms with Crippen LogP contribution in [0.25, 0.3) is 0 Å². The molecule has 5 nitrogen and oxygen atoms in total. The van der Waals surface area contributed by atoms with Gasteiger partial charge in [-0.3, -0.25) is 4.79 Å². The zero-order chi connectivity index (χ0) is 11.5. The Balaban J connectivity index is 2.02. The highest BCUT2D eigenvalue weighted by Gasteiger charge is 2.46. The van der Waals surface area contributed by atoms with Gasteiger partial charge in [0, 0.05) is 19.0 Å². The molecule has 0 aliphatic heterocycles. The highest BCUT2D eigenvalue weighted by Crippen LogP contribution is 2.44. The van der Waals surface area contributed by atoms with E-state index in [-0.39, 0.29) is 23.9 Å². The van der Waals surface area contributed by atoms with Crippen LogP contribution in [0.15, 0.2) is 0 Å². The van der Waals surface area contributed by atoms with Crippen molar-refractivity contribution >= 4 is 12.0 Å². The van der Waals surface area contributed by atoms with Crippen molar-refractivity contribution in [2.24, 2.45) is 5.41 Å². The fraction of sp³-hybridized carbons (Fsp3) is 0.800. The zero-order valence-electron chi connectivity index (χ0n) is 9.17. The molecule has 1 aliphatic rings. The lowest BCUT2D eigenvalue weighted by Crippen LogP contribution is -2.38. The number of urea groups is 1. The Morgan fingerprint density at radius 3 is 2.53 bits per heavy atom. The zero-order valence-corrected chi connectivity index (χ0v) is 9.17. The first kappa shape index (κ1) is 11.8. The summed E-state index contributed by atoms with van der Waals surface area (Å²) in [6, 6.07) is 0.0629. The van der Waals surface area contributed by atoms with Crippen molar-refractivity contribution in [1.29, 1.82) is 0 Å². The second-order valence-electron chi connectivity index (χ2n) is 4.64. The first-order valence-corrected chi connectivity index (χ1v) is 5.18. The third kappa shape index (κ3) is 4.18. The van der Waals surface area contributed by atoms with E-state index in [1.807, 2.05) is 0 Å². The molecular weight excluding hydrogens is 196 g/mol. The van der Waals surface area contributed by atoms with Gasteiger partial charge >= 0.3 is 12.0 Å². The molecule has 1 rings (SSSR count). The van der Waals surface area contributed by atoms with Crippen LogP contribution in [0.5, 0.6) is 0 Å². The molecule has 1 unspecified atom stereocenters. The van der Waals surface area contributed by atoms with Gasteiger partial charge in [-0.15, -0.1) is 0 Å². The number of carbonyl (C=O) groups excluding carboxylic acids is 1. The minimum atomic E-state index is -0.833. The smallest absolute Gasteiger partial charge is 0.315 e. The van der Waals surface area contributed by atoms with Crippen LogP contribution in [0.2, 0.25) is 0 Å². The molecule has 0 saturated heterocycles. The molecule has 0 bridgehead atoms. The fourth-order valence-electron chi connectivity index (χ4n) is 1.36. The molecule has 0 aromatic carbocycles. The van der Waals surface area contributed by atoms with Crippen LogP contribution in [0.3, 0.4) is 0 Å². The molecule has 2 amide bonds. The molecule has 0 spiro atoms. The summed E-state index contributed by atoms with van der Waals surface area (Å²) in [6.07, 6.45) is 1.57. The number of nitrogens with one attached hydrogen (secondary N) is 2. The fourth-order valence-corrected chi connectivity index (χ4v) is 1.36. The summed E-state index contributed by atoms with van der Waals surface area (Å²) in [5, 5.41) is 13.8. The molecule has 15 heavy (non-hydrogen) atoms. The topological polar surface area (TPSA) is 78.4 Å². The summed E-state index contributed by atoms with van der Waals surface area (Å²) in [7, 11) is 0. The van der Waals surface area contributed by atoms with Crippen LogP contribution in [0.4, 0.5) is 4.79 Å². The van der Waals surface area contributed by atoms with Crippen LogP contribution in [0, 0.1) is 5.41 Å². The molecular formula is C10H18N2O3. The minimum absolute atomic E-state index is 0.0925. The van der Waals surface area contributed by atoms with E-state index in [4.69, 9.17) is 5.11 Å². The molecule has 1 atom stereocenters. The van der Waals surface area contributed by atoms with Gasteiger partial charge in [-0.2, -0.15) is 0 Å². The Bertz CT molecular complexity index is 263. The van der Waals surface area contributed by atoms with Gasteiger partial charge in [-0.05, 0) is 18.3 Å². The number of carboxylic acids is 1. The Morgan fingerprint density at radius 2 is 2.07 bits per heavy atom. The van der Waals surface area contributed by atoms with Gasteiger partial charge in [0.05, 0.1) is 0 Å². The molecule has 0 heterocycles. The number of hydrogen-bond acceptors (Lipinski definition) is 2. The second-order valence-corrected chi connectivity index (χ2v) is 4.64. The predicted octanol–water partition coefficient (Wildman–Crippen LogP) is 0.949. The van der Waals surface area contributed by atoms with Crippen LogP contribution in [-0.4, -0.2) is 29.7 Å². The van der Waals surface area contributed by atoms with Crippen molar-refractivity contribution in [3.63, 3.8) is 0 Å². The first-order chi connectivity index (χ1) is 6.92. The lowest BCUT2D eigenvalue weighted by Gasteiger charge is -2.08. The van der Waals surface area contributed by atoms with Gasteiger partial charge in [0.2, 0.25) is 0 Å². The van der Waals surface area contributed by atoms with Crippen molar-refractivity contribution in [1.82, 2.24) is 10.6 Å². The van der Waals surface area contributed by atoms with Crippen LogP contribution >= 0.6 is 0 Å². The molecule has 0 aromatic heterocycles. The van der Waals surface area contributed by atoms with E-state index in [1.54, 1.807) is 0 Å². The predicted molar refractivity (Wildman–Crippen MR) is 55.6 cm³/mol. The highest BCUT2D eigenvalue weighted by molar-refractivity contribution is 5.74. The molecule has 86 valence electrons. The Hall–Kier alpha value is -1.26. The summed E-state index contributed by atoms with van der Waals surface area (Å²) >= 11 is 0. The van der Waals surface area contributed by atoms with Crippen LogP contribution in [0.1, 0.15) is 33.1 Å². The maximum atomic E-state index is 11.3. The maximum Gasteiger partial charge on any atom is 0.315 e. The second kappa shape index (κ2) is 4.51. The molecule has 1 fully saturated rings. The van der Waals surface area contributed by atoms with E-state index < -0.39 is 5.97 Å². The van der Waals surface area contributed by atoms with Crippen molar-refractivity contribution in [3.05, 3.63) is 0 Å². The van der Waals surface area contributed by atoms with Gasteiger partial charge in [0.15, 0.2) is 0 Å². The SMILES string of the molecule is CC1(C)CC1NC(=O)NCCCC(=O)O. The highest BCUT2D eigenvalue weighted by atomic mass is 16.4. The van der Waals surface area contributed by atoms with E-state index in [2.05, 4.69) is 24.5 Å². The molecule has 1 saturated carbocycles. The number of carboxylic acid groups (broad SMARTS) is 1. The lowest BCUT2D eigenvalue weighted by molar-refractivity contribution is -0.137. The maximum absolute atomic E-state index is 11.3. The van der Waals surface area contributed by atoms with Gasteiger partial charge in [0.25, 0.3) is 0 Å². The Kier molecular flexibility index (Phi) is 3.55. The molecule has 1 aliphatic carbocycles. The largest absolute Gasteiger partial charge is 0.481 e. The van der Waals surface area contributed by atoms with E-state index in [0.717, 1.165) is 6.42 Å². The normalized spacial score (nSPS) is 21.9. The standard InChI is InChI=1S/C10H18N2O3/c1-10(2)6-7(10)12-9(15)11-5-3-4-8(13)14/h7H,3-6H2,1-2H3,(H,13,14)(H2,11,12,15). The van der Waals surface area contributed by atoms with E-state index in [9.17, 15) is 9.59 Å².